The molecule has 1 saturated heterocycles. The molecule has 2 aromatic rings. The minimum Gasteiger partial charge on any atom is -0.298 e. The standard InChI is InChI=1S/C19H21ClN2/c1-15-7-8-18(13-19(15)20)21-17-9-11-22(12-10-17)14-16-5-3-2-4-6-16/h2-8,13H,9-12,14H2,1H3. The van der Waals surface area contributed by atoms with Crippen molar-refractivity contribution in [3.05, 3.63) is 64.7 Å². The number of likely N-dealkylation sites (tertiary alicyclic amines) is 1. The van der Waals surface area contributed by atoms with Crippen LogP contribution in [0.1, 0.15) is 24.0 Å². The second-order valence-corrected chi connectivity index (χ2v) is 6.28. The number of hydrogen-bond donors (Lipinski definition) is 0. The number of rotatable bonds is 3. The van der Waals surface area contributed by atoms with E-state index in [0.29, 0.717) is 0 Å². The molecule has 0 atom stereocenters. The van der Waals surface area contributed by atoms with E-state index in [9.17, 15) is 0 Å². The van der Waals surface area contributed by atoms with Gasteiger partial charge in [-0.15, -0.1) is 0 Å². The minimum atomic E-state index is 0.795. The summed E-state index contributed by atoms with van der Waals surface area (Å²) in [4.78, 5) is 7.26. The Bertz CT molecular complexity index is 654. The molecule has 2 aromatic carbocycles. The Balaban J connectivity index is 1.59. The number of nitrogens with zero attached hydrogens (tertiary/aromatic N) is 2. The highest BCUT2D eigenvalue weighted by Gasteiger charge is 2.15. The summed E-state index contributed by atoms with van der Waals surface area (Å²) < 4.78 is 0. The van der Waals surface area contributed by atoms with Crippen molar-refractivity contribution < 1.29 is 0 Å². The Morgan fingerprint density at radius 3 is 2.45 bits per heavy atom. The number of aliphatic imine (C=N–C) groups is 1. The third-order valence-corrected chi connectivity index (χ3v) is 4.53. The maximum absolute atomic E-state index is 6.17. The largest absolute Gasteiger partial charge is 0.298 e. The number of benzene rings is 2. The molecule has 1 heterocycles. The summed E-state index contributed by atoms with van der Waals surface area (Å²) in [6.07, 6.45) is 2.08. The van der Waals surface area contributed by atoms with Gasteiger partial charge in [-0.25, -0.2) is 0 Å². The summed E-state index contributed by atoms with van der Waals surface area (Å²) in [7, 11) is 0. The molecular formula is C19H21ClN2. The molecule has 0 spiro atoms. The van der Waals surface area contributed by atoms with Gasteiger partial charge in [0.2, 0.25) is 0 Å². The van der Waals surface area contributed by atoms with Gasteiger partial charge >= 0.3 is 0 Å². The van der Waals surface area contributed by atoms with Gasteiger partial charge in [0.25, 0.3) is 0 Å². The van der Waals surface area contributed by atoms with Crippen molar-refractivity contribution >= 4 is 23.0 Å². The molecule has 0 aromatic heterocycles. The van der Waals surface area contributed by atoms with E-state index < -0.39 is 0 Å². The Morgan fingerprint density at radius 1 is 1.05 bits per heavy atom. The molecule has 3 heteroatoms. The lowest BCUT2D eigenvalue weighted by Gasteiger charge is -2.27. The molecule has 1 aliphatic rings. The van der Waals surface area contributed by atoms with Crippen LogP contribution in [0.3, 0.4) is 0 Å². The molecule has 0 aliphatic carbocycles. The topological polar surface area (TPSA) is 15.6 Å². The molecule has 1 fully saturated rings. The van der Waals surface area contributed by atoms with Crippen LogP contribution in [0.2, 0.25) is 5.02 Å². The average Bonchev–Trinajstić information content (AvgIpc) is 2.54. The van der Waals surface area contributed by atoms with Gasteiger partial charge in [-0.2, -0.15) is 0 Å². The summed E-state index contributed by atoms with van der Waals surface area (Å²) >= 11 is 6.17. The SMILES string of the molecule is Cc1ccc(N=C2CCN(Cc3ccccc3)CC2)cc1Cl. The lowest BCUT2D eigenvalue weighted by molar-refractivity contribution is 0.266. The van der Waals surface area contributed by atoms with Crippen molar-refractivity contribution in [1.82, 2.24) is 4.90 Å². The van der Waals surface area contributed by atoms with Gasteiger partial charge in [-0.1, -0.05) is 48.0 Å². The van der Waals surface area contributed by atoms with E-state index in [1.54, 1.807) is 0 Å². The number of aryl methyl sites for hydroxylation is 1. The summed E-state index contributed by atoms with van der Waals surface area (Å²) in [5.74, 6) is 0. The molecular weight excluding hydrogens is 292 g/mol. The predicted molar refractivity (Wildman–Crippen MR) is 94.2 cm³/mol. The van der Waals surface area contributed by atoms with Crippen molar-refractivity contribution in [1.29, 1.82) is 0 Å². The summed E-state index contributed by atoms with van der Waals surface area (Å²) in [6, 6.07) is 16.7. The minimum absolute atomic E-state index is 0.795. The fraction of sp³-hybridized carbons (Fsp3) is 0.316. The maximum atomic E-state index is 6.17. The summed E-state index contributed by atoms with van der Waals surface area (Å²) in [6.45, 7) is 5.20. The van der Waals surface area contributed by atoms with Crippen molar-refractivity contribution in [2.24, 2.45) is 4.99 Å². The molecule has 0 saturated carbocycles. The van der Waals surface area contributed by atoms with Gasteiger partial charge in [0.1, 0.15) is 0 Å². The zero-order valence-corrected chi connectivity index (χ0v) is 13.7. The fourth-order valence-electron chi connectivity index (χ4n) is 2.76. The van der Waals surface area contributed by atoms with Crippen molar-refractivity contribution in [2.75, 3.05) is 13.1 Å². The molecule has 2 nitrogen and oxygen atoms in total. The first-order chi connectivity index (χ1) is 10.7. The summed E-state index contributed by atoms with van der Waals surface area (Å²) in [5, 5.41) is 0.795. The molecule has 0 bridgehead atoms. The van der Waals surface area contributed by atoms with Crippen LogP contribution >= 0.6 is 11.6 Å². The second-order valence-electron chi connectivity index (χ2n) is 5.87. The van der Waals surface area contributed by atoms with Crippen LogP contribution in [-0.4, -0.2) is 23.7 Å². The Morgan fingerprint density at radius 2 is 1.77 bits per heavy atom. The van der Waals surface area contributed by atoms with E-state index in [1.165, 1.54) is 11.3 Å². The second kappa shape index (κ2) is 7.08. The van der Waals surface area contributed by atoms with Crippen LogP contribution in [0.5, 0.6) is 0 Å². The normalized spacial score (nSPS) is 15.8. The van der Waals surface area contributed by atoms with E-state index in [0.717, 1.165) is 48.7 Å². The quantitative estimate of drug-likeness (QED) is 0.777. The van der Waals surface area contributed by atoms with Crippen molar-refractivity contribution in [2.45, 2.75) is 26.3 Å². The van der Waals surface area contributed by atoms with Crippen LogP contribution < -0.4 is 0 Å². The molecule has 0 amide bonds. The first kappa shape index (κ1) is 15.3. The van der Waals surface area contributed by atoms with E-state index >= 15 is 0 Å². The van der Waals surface area contributed by atoms with Crippen molar-refractivity contribution in [3.8, 4) is 0 Å². The third-order valence-electron chi connectivity index (χ3n) is 4.12. The smallest absolute Gasteiger partial charge is 0.0644 e. The average molecular weight is 313 g/mol. The molecule has 3 rings (SSSR count). The van der Waals surface area contributed by atoms with Crippen LogP contribution in [0.25, 0.3) is 0 Å². The number of halogens is 1. The van der Waals surface area contributed by atoms with Crippen LogP contribution in [0, 0.1) is 6.92 Å². The first-order valence-electron chi connectivity index (χ1n) is 7.79. The predicted octanol–water partition coefficient (Wildman–Crippen LogP) is 5.02. The van der Waals surface area contributed by atoms with Crippen LogP contribution in [-0.2, 0) is 6.54 Å². The molecule has 0 N–H and O–H groups in total. The number of piperidine rings is 1. The zero-order valence-electron chi connectivity index (χ0n) is 12.9. The van der Waals surface area contributed by atoms with E-state index in [4.69, 9.17) is 16.6 Å². The Hall–Kier alpha value is -1.64. The van der Waals surface area contributed by atoms with Crippen LogP contribution in [0.4, 0.5) is 5.69 Å². The molecule has 0 radical (unpaired) electrons. The van der Waals surface area contributed by atoms with E-state index in [1.807, 2.05) is 25.1 Å². The highest BCUT2D eigenvalue weighted by atomic mass is 35.5. The van der Waals surface area contributed by atoms with E-state index in [2.05, 4.69) is 35.2 Å². The molecule has 0 unspecified atom stereocenters. The first-order valence-corrected chi connectivity index (χ1v) is 8.17. The molecule has 114 valence electrons. The monoisotopic (exact) mass is 312 g/mol. The van der Waals surface area contributed by atoms with Gasteiger partial charge < -0.3 is 0 Å². The highest BCUT2D eigenvalue weighted by Crippen LogP contribution is 2.23. The fourth-order valence-corrected chi connectivity index (χ4v) is 2.93. The van der Waals surface area contributed by atoms with Gasteiger partial charge in [0.05, 0.1) is 5.69 Å². The van der Waals surface area contributed by atoms with Crippen LogP contribution in [0.15, 0.2) is 53.5 Å². The highest BCUT2D eigenvalue weighted by molar-refractivity contribution is 6.31. The summed E-state index contributed by atoms with van der Waals surface area (Å²) in [5.41, 5.74) is 4.74. The van der Waals surface area contributed by atoms with Gasteiger partial charge in [0, 0.05) is 30.4 Å². The lowest BCUT2D eigenvalue weighted by Crippen LogP contribution is -2.33. The van der Waals surface area contributed by atoms with Gasteiger partial charge in [0.15, 0.2) is 0 Å². The Kier molecular flexibility index (Phi) is 4.91. The third kappa shape index (κ3) is 3.96. The Labute approximate surface area is 137 Å². The zero-order chi connectivity index (χ0) is 15.4. The van der Waals surface area contributed by atoms with Crippen molar-refractivity contribution in [3.63, 3.8) is 0 Å². The maximum Gasteiger partial charge on any atom is 0.0644 e. The lowest BCUT2D eigenvalue weighted by atomic mass is 10.1. The van der Waals surface area contributed by atoms with Gasteiger partial charge in [-0.3, -0.25) is 9.89 Å². The molecule has 22 heavy (non-hydrogen) atoms. The molecule has 1 aliphatic heterocycles. The number of hydrogen-bond acceptors (Lipinski definition) is 2. The van der Waals surface area contributed by atoms with E-state index in [-0.39, 0.29) is 0 Å². The van der Waals surface area contributed by atoms with Gasteiger partial charge in [-0.05, 0) is 43.0 Å².